The molecule has 1 aromatic rings. The zero-order chi connectivity index (χ0) is 15.2. The average Bonchev–Trinajstić information content (AvgIpc) is 2.48. The van der Waals surface area contributed by atoms with Crippen molar-refractivity contribution in [1.29, 1.82) is 0 Å². The summed E-state index contributed by atoms with van der Waals surface area (Å²) in [6, 6.07) is 5.54. The van der Waals surface area contributed by atoms with Crippen LogP contribution in [0.3, 0.4) is 0 Å². The van der Waals surface area contributed by atoms with Gasteiger partial charge in [0.05, 0.1) is 33.0 Å². The molecule has 0 radical (unpaired) electrons. The minimum atomic E-state index is 0.476. The molecule has 1 heterocycles. The van der Waals surface area contributed by atoms with Crippen LogP contribution in [0.4, 0.5) is 0 Å². The van der Waals surface area contributed by atoms with Gasteiger partial charge in [0.1, 0.15) is 11.2 Å². The number of nitrogens with zero attached hydrogens (tertiary/aromatic N) is 1. The van der Waals surface area contributed by atoms with Crippen molar-refractivity contribution < 1.29 is 18.9 Å². The lowest BCUT2D eigenvalue weighted by Crippen LogP contribution is -2.13. The number of hydrogen-bond donors (Lipinski definition) is 0. The maximum atomic E-state index is 5.44. The summed E-state index contributed by atoms with van der Waals surface area (Å²) in [6.45, 7) is 6.36. The Morgan fingerprint density at radius 3 is 2.14 bits per heavy atom. The smallest absolute Gasteiger partial charge is 0.214 e. The van der Waals surface area contributed by atoms with E-state index in [1.165, 1.54) is 0 Å². The number of pyridine rings is 1. The van der Waals surface area contributed by atoms with Crippen molar-refractivity contribution >= 4 is 15.9 Å². The highest BCUT2D eigenvalue weighted by molar-refractivity contribution is 9.10. The van der Waals surface area contributed by atoms with Crippen molar-refractivity contribution in [2.24, 2.45) is 0 Å². The number of aromatic nitrogens is 1. The number of rotatable bonds is 13. The largest absolute Gasteiger partial charge is 0.475 e. The molecule has 0 unspecified atom stereocenters. The van der Waals surface area contributed by atoms with Gasteiger partial charge in [-0.15, -0.1) is 0 Å². The van der Waals surface area contributed by atoms with Crippen molar-refractivity contribution in [1.82, 2.24) is 4.98 Å². The van der Waals surface area contributed by atoms with Crippen LogP contribution in [0.2, 0.25) is 0 Å². The Kier molecular flexibility index (Phi) is 11.4. The third-order valence-electron chi connectivity index (χ3n) is 2.55. The summed E-state index contributed by atoms with van der Waals surface area (Å²) in [5, 5.41) is 0. The number of halogens is 1. The lowest BCUT2D eigenvalue weighted by Gasteiger charge is -2.07. The van der Waals surface area contributed by atoms with Gasteiger partial charge in [0, 0.05) is 12.7 Å². The van der Waals surface area contributed by atoms with Gasteiger partial charge in [-0.25, -0.2) is 4.98 Å². The molecule has 0 saturated carbocycles. The second-order valence-electron chi connectivity index (χ2n) is 4.34. The monoisotopic (exact) mass is 361 g/mol. The van der Waals surface area contributed by atoms with Gasteiger partial charge < -0.3 is 18.9 Å². The van der Waals surface area contributed by atoms with Crippen molar-refractivity contribution in [3.05, 3.63) is 22.8 Å². The molecule has 6 heteroatoms. The molecule has 0 aliphatic heterocycles. The SMILES string of the molecule is CCCCOCCOCCOCCOc1cccc(Br)n1. The van der Waals surface area contributed by atoms with E-state index in [1.807, 2.05) is 18.2 Å². The van der Waals surface area contributed by atoms with Gasteiger partial charge in [-0.3, -0.25) is 0 Å². The van der Waals surface area contributed by atoms with Gasteiger partial charge in [0.2, 0.25) is 5.88 Å². The molecular weight excluding hydrogens is 338 g/mol. The quantitative estimate of drug-likeness (QED) is 0.399. The Morgan fingerprint density at radius 2 is 1.52 bits per heavy atom. The molecule has 0 amide bonds. The predicted molar refractivity (Wildman–Crippen MR) is 84.8 cm³/mol. The second-order valence-corrected chi connectivity index (χ2v) is 5.15. The van der Waals surface area contributed by atoms with Gasteiger partial charge >= 0.3 is 0 Å². The third kappa shape index (κ3) is 10.6. The fourth-order valence-corrected chi connectivity index (χ4v) is 1.79. The van der Waals surface area contributed by atoms with Crippen LogP contribution >= 0.6 is 15.9 Å². The van der Waals surface area contributed by atoms with E-state index in [9.17, 15) is 0 Å². The summed E-state index contributed by atoms with van der Waals surface area (Å²) in [5.41, 5.74) is 0. The van der Waals surface area contributed by atoms with Gasteiger partial charge in [-0.2, -0.15) is 0 Å². The van der Waals surface area contributed by atoms with E-state index in [2.05, 4.69) is 27.8 Å². The lowest BCUT2D eigenvalue weighted by molar-refractivity contribution is 0.00871. The van der Waals surface area contributed by atoms with Crippen LogP contribution in [0.15, 0.2) is 22.8 Å². The highest BCUT2D eigenvalue weighted by Crippen LogP contribution is 2.11. The minimum absolute atomic E-state index is 0.476. The van der Waals surface area contributed by atoms with Crippen LogP contribution in [0.25, 0.3) is 0 Å². The van der Waals surface area contributed by atoms with Gasteiger partial charge in [0.15, 0.2) is 0 Å². The van der Waals surface area contributed by atoms with Crippen LogP contribution in [0.1, 0.15) is 19.8 Å². The van der Waals surface area contributed by atoms with E-state index >= 15 is 0 Å². The first-order valence-electron chi connectivity index (χ1n) is 7.31. The normalized spacial score (nSPS) is 10.8. The van der Waals surface area contributed by atoms with Crippen LogP contribution < -0.4 is 4.74 Å². The summed E-state index contributed by atoms with van der Waals surface area (Å²) in [4.78, 5) is 4.16. The molecule has 1 aromatic heterocycles. The number of ether oxygens (including phenoxy) is 4. The molecule has 0 saturated heterocycles. The Bertz CT molecular complexity index is 365. The predicted octanol–water partition coefficient (Wildman–Crippen LogP) is 3.07. The van der Waals surface area contributed by atoms with E-state index < -0.39 is 0 Å². The molecule has 120 valence electrons. The summed E-state index contributed by atoms with van der Waals surface area (Å²) >= 11 is 3.29. The van der Waals surface area contributed by atoms with Crippen molar-refractivity contribution in [3.8, 4) is 5.88 Å². The summed E-state index contributed by atoms with van der Waals surface area (Å²) < 4.78 is 22.4. The average molecular weight is 362 g/mol. The van der Waals surface area contributed by atoms with E-state index in [0.29, 0.717) is 45.5 Å². The molecule has 0 aliphatic carbocycles. The number of hydrogen-bond acceptors (Lipinski definition) is 5. The zero-order valence-corrected chi connectivity index (χ0v) is 14.1. The Morgan fingerprint density at radius 1 is 0.905 bits per heavy atom. The molecule has 1 rings (SSSR count). The van der Waals surface area contributed by atoms with E-state index in [-0.39, 0.29) is 0 Å². The molecular formula is C15H24BrNO4. The van der Waals surface area contributed by atoms with Crippen molar-refractivity contribution in [2.75, 3.05) is 46.2 Å². The molecule has 0 aromatic carbocycles. The Labute approximate surface area is 135 Å². The molecule has 0 spiro atoms. The molecule has 0 bridgehead atoms. The zero-order valence-electron chi connectivity index (χ0n) is 12.6. The van der Waals surface area contributed by atoms with Crippen molar-refractivity contribution in [2.45, 2.75) is 19.8 Å². The molecule has 5 nitrogen and oxygen atoms in total. The van der Waals surface area contributed by atoms with E-state index in [0.717, 1.165) is 24.1 Å². The highest BCUT2D eigenvalue weighted by Gasteiger charge is 1.96. The first-order chi connectivity index (χ1) is 10.3. The van der Waals surface area contributed by atoms with Gasteiger partial charge in [0.25, 0.3) is 0 Å². The molecule has 0 N–H and O–H groups in total. The van der Waals surface area contributed by atoms with E-state index in [1.54, 1.807) is 0 Å². The fourth-order valence-electron chi connectivity index (χ4n) is 1.46. The van der Waals surface area contributed by atoms with Crippen LogP contribution in [0, 0.1) is 0 Å². The summed E-state index contributed by atoms with van der Waals surface area (Å²) in [6.07, 6.45) is 2.27. The van der Waals surface area contributed by atoms with Crippen LogP contribution in [-0.2, 0) is 14.2 Å². The standard InChI is InChI=1S/C15H24BrNO4/c1-2-3-7-18-8-9-19-10-11-20-12-13-21-15-6-4-5-14(16)17-15/h4-6H,2-3,7-13H2,1H3. The lowest BCUT2D eigenvalue weighted by atomic mass is 10.4. The second kappa shape index (κ2) is 13.0. The molecule has 0 fully saturated rings. The topological polar surface area (TPSA) is 49.8 Å². The highest BCUT2D eigenvalue weighted by atomic mass is 79.9. The molecule has 0 aliphatic rings. The van der Waals surface area contributed by atoms with Gasteiger partial charge in [-0.05, 0) is 28.4 Å². The third-order valence-corrected chi connectivity index (χ3v) is 3.00. The summed E-state index contributed by atoms with van der Waals surface area (Å²) in [5.74, 6) is 0.591. The molecule has 0 atom stereocenters. The maximum Gasteiger partial charge on any atom is 0.214 e. The van der Waals surface area contributed by atoms with Crippen LogP contribution in [-0.4, -0.2) is 51.2 Å². The van der Waals surface area contributed by atoms with E-state index in [4.69, 9.17) is 18.9 Å². The number of unbranched alkanes of at least 4 members (excludes halogenated alkanes) is 1. The first-order valence-corrected chi connectivity index (χ1v) is 8.11. The Hall–Kier alpha value is -0.690. The maximum absolute atomic E-state index is 5.44. The Balaban J connectivity index is 1.82. The fraction of sp³-hybridized carbons (Fsp3) is 0.667. The first kappa shape index (κ1) is 18.4. The van der Waals surface area contributed by atoms with Gasteiger partial charge in [-0.1, -0.05) is 19.4 Å². The molecule has 21 heavy (non-hydrogen) atoms. The van der Waals surface area contributed by atoms with Crippen LogP contribution in [0.5, 0.6) is 5.88 Å². The van der Waals surface area contributed by atoms with Crippen molar-refractivity contribution in [3.63, 3.8) is 0 Å². The summed E-state index contributed by atoms with van der Waals surface area (Å²) in [7, 11) is 0. The minimum Gasteiger partial charge on any atom is -0.475 e.